The van der Waals surface area contributed by atoms with E-state index in [0.717, 1.165) is 11.4 Å². The number of hydrogen-bond donors (Lipinski definition) is 1. The van der Waals surface area contributed by atoms with Crippen molar-refractivity contribution in [3.8, 4) is 0 Å². The van der Waals surface area contributed by atoms with Crippen LogP contribution in [-0.2, 0) is 0 Å². The van der Waals surface area contributed by atoms with E-state index in [1.807, 2.05) is 13.8 Å². The maximum absolute atomic E-state index is 11.1. The van der Waals surface area contributed by atoms with Gasteiger partial charge in [-0.15, -0.1) is 0 Å². The molecule has 78 valence electrons. The van der Waals surface area contributed by atoms with Crippen LogP contribution in [0.2, 0.25) is 0 Å². The van der Waals surface area contributed by atoms with Crippen LogP contribution in [0.4, 0.5) is 0 Å². The summed E-state index contributed by atoms with van der Waals surface area (Å²) in [5.41, 5.74) is 2.85. The Kier molecular flexibility index (Phi) is 1.96. The summed E-state index contributed by atoms with van der Waals surface area (Å²) in [7, 11) is 0. The number of rotatable bonds is 1. The molecule has 0 saturated heterocycles. The molecular formula is C10H11N3O2. The third-order valence-corrected chi connectivity index (χ3v) is 2.38. The molecule has 2 rings (SSSR count). The molecule has 0 unspecified atom stereocenters. The molecule has 0 atom stereocenters. The molecule has 0 aliphatic heterocycles. The fourth-order valence-electron chi connectivity index (χ4n) is 1.67. The number of aromatic carboxylic acids is 1. The molecule has 2 aromatic heterocycles. The van der Waals surface area contributed by atoms with Crippen LogP contribution in [0, 0.1) is 20.8 Å². The van der Waals surface area contributed by atoms with Gasteiger partial charge in [-0.05, 0) is 20.8 Å². The summed E-state index contributed by atoms with van der Waals surface area (Å²) in [6.07, 6.45) is 1.65. The van der Waals surface area contributed by atoms with Gasteiger partial charge in [0, 0.05) is 11.9 Å². The SMILES string of the molecule is Cc1nc2c(C)ncc(C)n2c1C(=O)O. The highest BCUT2D eigenvalue weighted by molar-refractivity contribution is 5.88. The number of aromatic nitrogens is 3. The van der Waals surface area contributed by atoms with Gasteiger partial charge in [-0.1, -0.05) is 0 Å². The van der Waals surface area contributed by atoms with Crippen LogP contribution >= 0.6 is 0 Å². The zero-order valence-electron chi connectivity index (χ0n) is 8.77. The molecule has 0 saturated carbocycles. The van der Waals surface area contributed by atoms with Gasteiger partial charge in [0.05, 0.1) is 11.4 Å². The molecule has 0 aromatic carbocycles. The van der Waals surface area contributed by atoms with Crippen LogP contribution in [0.25, 0.3) is 5.65 Å². The van der Waals surface area contributed by atoms with E-state index in [-0.39, 0.29) is 5.69 Å². The van der Waals surface area contributed by atoms with Gasteiger partial charge in [-0.3, -0.25) is 9.38 Å². The fourth-order valence-corrected chi connectivity index (χ4v) is 1.67. The van der Waals surface area contributed by atoms with Crippen LogP contribution in [0.5, 0.6) is 0 Å². The molecule has 5 heteroatoms. The second-order valence-corrected chi connectivity index (χ2v) is 3.49. The summed E-state index contributed by atoms with van der Waals surface area (Å²) < 4.78 is 1.62. The lowest BCUT2D eigenvalue weighted by Crippen LogP contribution is -2.06. The summed E-state index contributed by atoms with van der Waals surface area (Å²) in [6, 6.07) is 0. The Labute approximate surface area is 86.4 Å². The maximum atomic E-state index is 11.1. The van der Waals surface area contributed by atoms with Crippen LogP contribution in [0.1, 0.15) is 27.6 Å². The number of carboxylic acids is 1. The number of imidazole rings is 1. The predicted molar refractivity (Wildman–Crippen MR) is 54.2 cm³/mol. The minimum Gasteiger partial charge on any atom is -0.477 e. The number of fused-ring (bicyclic) bond motifs is 1. The molecule has 0 fully saturated rings. The van der Waals surface area contributed by atoms with E-state index < -0.39 is 5.97 Å². The summed E-state index contributed by atoms with van der Waals surface area (Å²) in [5, 5.41) is 9.09. The van der Waals surface area contributed by atoms with Crippen molar-refractivity contribution in [2.75, 3.05) is 0 Å². The predicted octanol–water partition coefficient (Wildman–Crippen LogP) is 1.35. The minimum atomic E-state index is -0.964. The Balaban J connectivity index is 2.98. The van der Waals surface area contributed by atoms with Crippen molar-refractivity contribution in [2.45, 2.75) is 20.8 Å². The highest BCUT2D eigenvalue weighted by atomic mass is 16.4. The quantitative estimate of drug-likeness (QED) is 0.763. The van der Waals surface area contributed by atoms with E-state index in [9.17, 15) is 4.79 Å². The van der Waals surface area contributed by atoms with Gasteiger partial charge in [-0.25, -0.2) is 9.78 Å². The van der Waals surface area contributed by atoms with E-state index >= 15 is 0 Å². The number of aryl methyl sites for hydroxylation is 3. The maximum Gasteiger partial charge on any atom is 0.354 e. The molecule has 0 aliphatic rings. The molecule has 5 nitrogen and oxygen atoms in total. The van der Waals surface area contributed by atoms with Gasteiger partial charge in [0.2, 0.25) is 0 Å². The molecule has 0 spiro atoms. The molecule has 2 aromatic rings. The smallest absolute Gasteiger partial charge is 0.354 e. The Morgan fingerprint density at radius 2 is 2.00 bits per heavy atom. The normalized spacial score (nSPS) is 10.9. The molecule has 0 bridgehead atoms. The zero-order chi connectivity index (χ0) is 11.2. The van der Waals surface area contributed by atoms with Crippen LogP contribution in [0.3, 0.4) is 0 Å². The van der Waals surface area contributed by atoms with Crippen LogP contribution in [0.15, 0.2) is 6.20 Å². The third kappa shape index (κ3) is 1.27. The van der Waals surface area contributed by atoms with Crippen LogP contribution in [-0.4, -0.2) is 25.4 Å². The van der Waals surface area contributed by atoms with Gasteiger partial charge in [0.25, 0.3) is 0 Å². The number of carboxylic acid groups (broad SMARTS) is 1. The third-order valence-electron chi connectivity index (χ3n) is 2.38. The van der Waals surface area contributed by atoms with Crippen molar-refractivity contribution in [1.82, 2.24) is 14.4 Å². The van der Waals surface area contributed by atoms with Crippen molar-refractivity contribution in [2.24, 2.45) is 0 Å². The average Bonchev–Trinajstić information content (AvgIpc) is 2.50. The molecule has 1 N–H and O–H groups in total. The fraction of sp³-hybridized carbons (Fsp3) is 0.300. The molecule has 0 amide bonds. The van der Waals surface area contributed by atoms with Gasteiger partial charge in [0.15, 0.2) is 11.3 Å². The first-order valence-corrected chi connectivity index (χ1v) is 4.57. The van der Waals surface area contributed by atoms with Gasteiger partial charge >= 0.3 is 5.97 Å². The number of carbonyl (C=O) groups is 1. The monoisotopic (exact) mass is 205 g/mol. The summed E-state index contributed by atoms with van der Waals surface area (Å²) >= 11 is 0. The number of nitrogens with zero attached hydrogens (tertiary/aromatic N) is 3. The lowest BCUT2D eigenvalue weighted by molar-refractivity contribution is 0.0688. The summed E-state index contributed by atoms with van der Waals surface area (Å²) in [4.78, 5) is 19.4. The Hall–Kier alpha value is -1.91. The van der Waals surface area contributed by atoms with Crippen molar-refractivity contribution >= 4 is 11.6 Å². The zero-order valence-corrected chi connectivity index (χ0v) is 8.77. The Morgan fingerprint density at radius 1 is 1.33 bits per heavy atom. The first kappa shape index (κ1) is 9.64. The van der Waals surface area contributed by atoms with Gasteiger partial charge < -0.3 is 5.11 Å². The standard InChI is InChI=1S/C10H11N3O2/c1-5-4-11-7(3)9-12-6(2)8(10(14)15)13(5)9/h4H,1-3H3,(H,14,15). The van der Waals surface area contributed by atoms with Crippen molar-refractivity contribution < 1.29 is 9.90 Å². The Bertz CT molecular complexity index is 557. The second kappa shape index (κ2) is 3.05. The van der Waals surface area contributed by atoms with E-state index in [0.29, 0.717) is 11.3 Å². The Morgan fingerprint density at radius 3 is 2.60 bits per heavy atom. The minimum absolute atomic E-state index is 0.216. The van der Waals surface area contributed by atoms with E-state index in [1.54, 1.807) is 17.5 Å². The average molecular weight is 205 g/mol. The topological polar surface area (TPSA) is 67.5 Å². The van der Waals surface area contributed by atoms with E-state index in [1.165, 1.54) is 0 Å². The highest BCUT2D eigenvalue weighted by Gasteiger charge is 2.18. The largest absolute Gasteiger partial charge is 0.477 e. The van der Waals surface area contributed by atoms with Gasteiger partial charge in [-0.2, -0.15) is 0 Å². The van der Waals surface area contributed by atoms with Crippen molar-refractivity contribution in [3.63, 3.8) is 0 Å². The molecule has 0 aliphatic carbocycles. The number of hydrogen-bond acceptors (Lipinski definition) is 3. The van der Waals surface area contributed by atoms with Crippen molar-refractivity contribution in [1.29, 1.82) is 0 Å². The first-order chi connectivity index (χ1) is 7.02. The van der Waals surface area contributed by atoms with Crippen molar-refractivity contribution in [3.05, 3.63) is 29.0 Å². The lowest BCUT2D eigenvalue weighted by atomic mass is 10.3. The summed E-state index contributed by atoms with van der Waals surface area (Å²) in [5.74, 6) is -0.964. The molecule has 2 heterocycles. The van der Waals surface area contributed by atoms with E-state index in [2.05, 4.69) is 9.97 Å². The van der Waals surface area contributed by atoms with Crippen LogP contribution < -0.4 is 0 Å². The first-order valence-electron chi connectivity index (χ1n) is 4.57. The molecule has 0 radical (unpaired) electrons. The van der Waals surface area contributed by atoms with Gasteiger partial charge in [0.1, 0.15) is 0 Å². The molecule has 15 heavy (non-hydrogen) atoms. The second-order valence-electron chi connectivity index (χ2n) is 3.49. The highest BCUT2D eigenvalue weighted by Crippen LogP contribution is 2.16. The van der Waals surface area contributed by atoms with E-state index in [4.69, 9.17) is 5.11 Å². The lowest BCUT2D eigenvalue weighted by Gasteiger charge is -2.03. The molecular weight excluding hydrogens is 194 g/mol. The summed E-state index contributed by atoms with van der Waals surface area (Å²) in [6.45, 7) is 5.31.